The smallest absolute Gasteiger partial charge is 0.123 e. The Bertz CT molecular complexity index is 366. The van der Waals surface area contributed by atoms with Crippen LogP contribution in [-0.2, 0) is 6.54 Å². The third kappa shape index (κ3) is 4.47. The number of hydrogen-bond acceptors (Lipinski definition) is 1. The quantitative estimate of drug-likeness (QED) is 0.837. The second kappa shape index (κ2) is 5.63. The fourth-order valence-electron chi connectivity index (χ4n) is 1.59. The second-order valence-corrected chi connectivity index (χ2v) is 5.97. The molecule has 0 amide bonds. The molecule has 0 radical (unpaired) electrons. The zero-order valence-electron chi connectivity index (χ0n) is 11.6. The minimum absolute atomic E-state index is 0.158. The summed E-state index contributed by atoms with van der Waals surface area (Å²) >= 11 is 0. The van der Waals surface area contributed by atoms with Crippen LogP contribution in [0.1, 0.15) is 38.8 Å². The number of rotatable bonds is 4. The van der Waals surface area contributed by atoms with Crippen molar-refractivity contribution in [2.45, 2.75) is 41.2 Å². The Kier molecular flexibility index (Phi) is 4.70. The molecule has 1 N–H and O–H groups in total. The van der Waals surface area contributed by atoms with Crippen LogP contribution in [0, 0.1) is 24.1 Å². The molecule has 1 nitrogen and oxygen atoms in total. The zero-order valence-corrected chi connectivity index (χ0v) is 11.6. The number of halogens is 1. The van der Waals surface area contributed by atoms with Gasteiger partial charge in [-0.05, 0) is 48.1 Å². The topological polar surface area (TPSA) is 12.0 Å². The van der Waals surface area contributed by atoms with E-state index in [1.165, 1.54) is 11.6 Å². The van der Waals surface area contributed by atoms with Gasteiger partial charge in [-0.15, -0.1) is 0 Å². The number of hydrogen-bond donors (Lipinski definition) is 1. The highest BCUT2D eigenvalue weighted by Crippen LogP contribution is 2.24. The summed E-state index contributed by atoms with van der Waals surface area (Å²) in [6.45, 7) is 12.8. The molecule has 1 aromatic rings. The molecule has 2 heteroatoms. The van der Waals surface area contributed by atoms with Gasteiger partial charge in [0.25, 0.3) is 0 Å². The van der Waals surface area contributed by atoms with Gasteiger partial charge < -0.3 is 5.32 Å². The molecule has 0 aliphatic rings. The molecule has 0 aliphatic heterocycles. The lowest BCUT2D eigenvalue weighted by Crippen LogP contribution is -2.29. The van der Waals surface area contributed by atoms with Crippen LogP contribution in [-0.4, -0.2) is 6.54 Å². The molecule has 1 atom stereocenters. The summed E-state index contributed by atoms with van der Waals surface area (Å²) in [6, 6.07) is 4.97. The van der Waals surface area contributed by atoms with Gasteiger partial charge in [-0.3, -0.25) is 0 Å². The van der Waals surface area contributed by atoms with E-state index in [0.29, 0.717) is 11.3 Å². The molecular weight excluding hydrogens is 213 g/mol. The molecule has 0 spiro atoms. The molecule has 0 aliphatic carbocycles. The van der Waals surface area contributed by atoms with Crippen molar-refractivity contribution in [1.82, 2.24) is 5.32 Å². The first kappa shape index (κ1) is 14.2. The van der Waals surface area contributed by atoms with E-state index in [2.05, 4.69) is 33.0 Å². The molecule has 96 valence electrons. The summed E-state index contributed by atoms with van der Waals surface area (Å²) in [5, 5.41) is 3.45. The van der Waals surface area contributed by atoms with Gasteiger partial charge >= 0.3 is 0 Å². The Morgan fingerprint density at radius 1 is 1.29 bits per heavy atom. The van der Waals surface area contributed by atoms with E-state index < -0.39 is 0 Å². The maximum atomic E-state index is 12.9. The van der Waals surface area contributed by atoms with Gasteiger partial charge in [0.2, 0.25) is 0 Å². The molecule has 0 fully saturated rings. The Labute approximate surface area is 104 Å². The third-order valence-corrected chi connectivity index (χ3v) is 3.55. The number of benzene rings is 1. The summed E-state index contributed by atoms with van der Waals surface area (Å²) in [6.07, 6.45) is 0. The Morgan fingerprint density at radius 2 is 1.94 bits per heavy atom. The predicted molar refractivity (Wildman–Crippen MR) is 71.5 cm³/mol. The highest BCUT2D eigenvalue weighted by Gasteiger charge is 2.19. The first-order chi connectivity index (χ1) is 7.80. The zero-order chi connectivity index (χ0) is 13.1. The standard InChI is InChI=1S/C15H24FN/c1-11-8-14(16)7-6-13(11)10-17-9-12(2)15(3,4)5/h6-8,12,17H,9-10H2,1-5H3. The van der Waals surface area contributed by atoms with Crippen LogP contribution in [0.5, 0.6) is 0 Å². The Morgan fingerprint density at radius 3 is 2.47 bits per heavy atom. The van der Waals surface area contributed by atoms with Crippen molar-refractivity contribution < 1.29 is 4.39 Å². The minimum atomic E-state index is -0.158. The maximum Gasteiger partial charge on any atom is 0.123 e. The summed E-state index contributed by atoms with van der Waals surface area (Å²) < 4.78 is 12.9. The van der Waals surface area contributed by atoms with E-state index in [1.54, 1.807) is 6.07 Å². The lowest BCUT2D eigenvalue weighted by atomic mass is 9.82. The maximum absolute atomic E-state index is 12.9. The van der Waals surface area contributed by atoms with Crippen molar-refractivity contribution in [2.24, 2.45) is 11.3 Å². The van der Waals surface area contributed by atoms with Gasteiger partial charge in [-0.25, -0.2) is 4.39 Å². The summed E-state index contributed by atoms with van der Waals surface area (Å²) in [5.41, 5.74) is 2.51. The van der Waals surface area contributed by atoms with E-state index in [9.17, 15) is 4.39 Å². The Balaban J connectivity index is 2.46. The van der Waals surface area contributed by atoms with Crippen molar-refractivity contribution in [2.75, 3.05) is 6.54 Å². The summed E-state index contributed by atoms with van der Waals surface area (Å²) in [7, 11) is 0. The average Bonchev–Trinajstić information content (AvgIpc) is 2.19. The van der Waals surface area contributed by atoms with Crippen LogP contribution in [0.2, 0.25) is 0 Å². The molecular formula is C15H24FN. The molecule has 17 heavy (non-hydrogen) atoms. The van der Waals surface area contributed by atoms with E-state index in [0.717, 1.165) is 18.7 Å². The highest BCUT2D eigenvalue weighted by molar-refractivity contribution is 5.26. The predicted octanol–water partition coefficient (Wildman–Crippen LogP) is 3.91. The van der Waals surface area contributed by atoms with Crippen LogP contribution < -0.4 is 5.32 Å². The van der Waals surface area contributed by atoms with Gasteiger partial charge in [-0.1, -0.05) is 33.8 Å². The van der Waals surface area contributed by atoms with Crippen molar-refractivity contribution >= 4 is 0 Å². The number of nitrogens with one attached hydrogen (secondary N) is 1. The molecule has 0 saturated heterocycles. The SMILES string of the molecule is Cc1cc(F)ccc1CNCC(C)C(C)(C)C. The van der Waals surface area contributed by atoms with Gasteiger partial charge in [0.1, 0.15) is 5.82 Å². The van der Waals surface area contributed by atoms with E-state index in [-0.39, 0.29) is 5.82 Å². The van der Waals surface area contributed by atoms with Crippen molar-refractivity contribution in [3.8, 4) is 0 Å². The summed E-state index contributed by atoms with van der Waals surface area (Å²) in [4.78, 5) is 0. The second-order valence-electron chi connectivity index (χ2n) is 5.97. The van der Waals surface area contributed by atoms with Crippen molar-refractivity contribution in [3.05, 3.63) is 35.1 Å². The molecule has 1 unspecified atom stereocenters. The van der Waals surface area contributed by atoms with Crippen LogP contribution >= 0.6 is 0 Å². The lowest BCUT2D eigenvalue weighted by molar-refractivity contribution is 0.252. The van der Waals surface area contributed by atoms with Gasteiger partial charge in [-0.2, -0.15) is 0 Å². The highest BCUT2D eigenvalue weighted by atomic mass is 19.1. The summed E-state index contributed by atoms with van der Waals surface area (Å²) in [5.74, 6) is 0.456. The molecule has 1 rings (SSSR count). The van der Waals surface area contributed by atoms with Gasteiger partial charge in [0.15, 0.2) is 0 Å². The molecule has 0 heterocycles. The van der Waals surface area contributed by atoms with Crippen molar-refractivity contribution in [3.63, 3.8) is 0 Å². The van der Waals surface area contributed by atoms with Crippen LogP contribution in [0.25, 0.3) is 0 Å². The fourth-order valence-corrected chi connectivity index (χ4v) is 1.59. The van der Waals surface area contributed by atoms with Crippen LogP contribution in [0.4, 0.5) is 4.39 Å². The van der Waals surface area contributed by atoms with Crippen molar-refractivity contribution in [1.29, 1.82) is 0 Å². The first-order valence-corrected chi connectivity index (χ1v) is 6.26. The van der Waals surface area contributed by atoms with Gasteiger partial charge in [0, 0.05) is 6.54 Å². The number of aryl methyl sites for hydroxylation is 1. The van der Waals surface area contributed by atoms with Crippen LogP contribution in [0.3, 0.4) is 0 Å². The normalized spacial score (nSPS) is 13.8. The Hall–Kier alpha value is -0.890. The molecule has 1 aromatic carbocycles. The van der Waals surface area contributed by atoms with Crippen LogP contribution in [0.15, 0.2) is 18.2 Å². The largest absolute Gasteiger partial charge is 0.312 e. The first-order valence-electron chi connectivity index (χ1n) is 6.26. The van der Waals surface area contributed by atoms with Gasteiger partial charge in [0.05, 0.1) is 0 Å². The minimum Gasteiger partial charge on any atom is -0.312 e. The fraction of sp³-hybridized carbons (Fsp3) is 0.600. The van der Waals surface area contributed by atoms with E-state index in [1.807, 2.05) is 13.0 Å². The molecule has 0 bridgehead atoms. The van der Waals surface area contributed by atoms with E-state index in [4.69, 9.17) is 0 Å². The average molecular weight is 237 g/mol. The lowest BCUT2D eigenvalue weighted by Gasteiger charge is -2.27. The molecule has 0 saturated carbocycles. The third-order valence-electron chi connectivity index (χ3n) is 3.55. The monoisotopic (exact) mass is 237 g/mol. The van der Waals surface area contributed by atoms with E-state index >= 15 is 0 Å². The molecule has 0 aromatic heterocycles.